The van der Waals surface area contributed by atoms with Crippen LogP contribution >= 0.6 is 15.9 Å². The van der Waals surface area contributed by atoms with Crippen LogP contribution in [0.25, 0.3) is 11.4 Å². The van der Waals surface area contributed by atoms with E-state index in [0.717, 1.165) is 40.9 Å². The summed E-state index contributed by atoms with van der Waals surface area (Å²) in [7, 11) is 0. The predicted molar refractivity (Wildman–Crippen MR) is 112 cm³/mol. The van der Waals surface area contributed by atoms with Crippen molar-refractivity contribution in [3.05, 3.63) is 64.5 Å². The summed E-state index contributed by atoms with van der Waals surface area (Å²) in [5, 5.41) is 14.4. The minimum absolute atomic E-state index is 0.536. The zero-order valence-corrected chi connectivity index (χ0v) is 18.2. The fourth-order valence-electron chi connectivity index (χ4n) is 2.64. The van der Waals surface area contributed by atoms with Crippen molar-refractivity contribution in [3.63, 3.8) is 0 Å². The molecule has 0 radical (unpaired) electrons. The maximum absolute atomic E-state index is 10.6. The number of carbonyl (C=O) groups is 1. The van der Waals surface area contributed by atoms with Gasteiger partial charge in [-0.15, -0.1) is 0 Å². The fraction of sp³-hybridized carbons (Fsp3) is 0.286. The Balaban J connectivity index is 0.000000360. The first-order chi connectivity index (χ1) is 15.2. The zero-order valence-electron chi connectivity index (χ0n) is 16.6. The Labute approximate surface area is 189 Å². The molecule has 2 heterocycles. The third kappa shape index (κ3) is 7.06. The van der Waals surface area contributed by atoms with Gasteiger partial charge >= 0.3 is 12.1 Å². The molecule has 0 aliphatic carbocycles. The van der Waals surface area contributed by atoms with Crippen LogP contribution in [0.3, 0.4) is 0 Å². The molecular weight excluding hydrogens is 495 g/mol. The fourth-order valence-corrected chi connectivity index (χ4v) is 2.91. The molecule has 7 nitrogen and oxygen atoms in total. The second kappa shape index (κ2) is 10.6. The Morgan fingerprint density at radius 1 is 1.16 bits per heavy atom. The molecule has 0 spiro atoms. The molecule has 0 unspecified atom stereocenters. The first-order valence-electron chi connectivity index (χ1n) is 9.52. The Hall–Kier alpha value is -2.92. The minimum Gasteiger partial charge on any atom is -0.489 e. The van der Waals surface area contributed by atoms with Gasteiger partial charge in [-0.1, -0.05) is 33.2 Å². The van der Waals surface area contributed by atoms with E-state index in [1.165, 1.54) is 0 Å². The number of carboxylic acid groups (broad SMARTS) is 1. The number of alkyl halides is 3. The molecule has 0 saturated carbocycles. The quantitative estimate of drug-likeness (QED) is 0.501. The van der Waals surface area contributed by atoms with E-state index in [0.29, 0.717) is 24.2 Å². The number of hydrogen-bond donors (Lipinski definition) is 2. The summed E-state index contributed by atoms with van der Waals surface area (Å²) in [4.78, 5) is 13.4. The summed E-state index contributed by atoms with van der Waals surface area (Å²) in [5.74, 6) is 0.00456. The highest BCUT2D eigenvalue weighted by molar-refractivity contribution is 9.10. The van der Waals surface area contributed by atoms with Crippen molar-refractivity contribution in [3.8, 4) is 17.1 Å². The molecule has 1 aliphatic heterocycles. The van der Waals surface area contributed by atoms with Crippen LogP contribution in [-0.2, 0) is 17.8 Å². The monoisotopic (exact) mass is 513 g/mol. The predicted octanol–water partition coefficient (Wildman–Crippen LogP) is 4.47. The molecule has 0 bridgehead atoms. The van der Waals surface area contributed by atoms with Crippen LogP contribution in [0.1, 0.15) is 11.5 Å². The van der Waals surface area contributed by atoms with E-state index < -0.39 is 12.1 Å². The number of benzene rings is 2. The highest BCUT2D eigenvalue weighted by Gasteiger charge is 2.38. The van der Waals surface area contributed by atoms with Gasteiger partial charge in [-0.3, -0.25) is 0 Å². The van der Waals surface area contributed by atoms with Crippen LogP contribution in [0, 0.1) is 5.92 Å². The summed E-state index contributed by atoms with van der Waals surface area (Å²) >= 11 is 3.43. The van der Waals surface area contributed by atoms with Crippen molar-refractivity contribution < 1.29 is 32.3 Å². The molecule has 32 heavy (non-hydrogen) atoms. The second-order valence-electron chi connectivity index (χ2n) is 6.98. The van der Waals surface area contributed by atoms with Crippen molar-refractivity contribution in [2.24, 2.45) is 5.92 Å². The number of aliphatic carboxylic acids is 1. The highest BCUT2D eigenvalue weighted by atomic mass is 79.9. The summed E-state index contributed by atoms with van der Waals surface area (Å²) in [6.07, 6.45) is -4.24. The van der Waals surface area contributed by atoms with E-state index in [2.05, 4.69) is 31.4 Å². The number of halogens is 4. The van der Waals surface area contributed by atoms with E-state index in [1.54, 1.807) is 0 Å². The van der Waals surface area contributed by atoms with Gasteiger partial charge < -0.3 is 19.7 Å². The number of rotatable bonds is 6. The molecule has 2 N–H and O–H groups in total. The molecular formula is C21H19BrF3N3O4. The maximum Gasteiger partial charge on any atom is 0.490 e. The van der Waals surface area contributed by atoms with Gasteiger partial charge in [-0.2, -0.15) is 18.2 Å². The van der Waals surface area contributed by atoms with Gasteiger partial charge in [0.05, 0.1) is 0 Å². The molecule has 1 saturated heterocycles. The van der Waals surface area contributed by atoms with Crippen LogP contribution in [0.2, 0.25) is 0 Å². The normalized spacial score (nSPS) is 13.6. The average Bonchev–Trinajstić information content (AvgIpc) is 3.19. The van der Waals surface area contributed by atoms with Crippen LogP contribution in [-0.4, -0.2) is 40.5 Å². The van der Waals surface area contributed by atoms with Crippen LogP contribution in [0.4, 0.5) is 13.2 Å². The molecule has 4 rings (SSSR count). The molecule has 1 aliphatic rings. The number of carboxylic acids is 1. The third-order valence-electron chi connectivity index (χ3n) is 4.47. The van der Waals surface area contributed by atoms with Crippen molar-refractivity contribution in [2.75, 3.05) is 13.1 Å². The first-order valence-corrected chi connectivity index (χ1v) is 10.3. The average molecular weight is 514 g/mol. The molecule has 0 amide bonds. The smallest absolute Gasteiger partial charge is 0.489 e. The lowest BCUT2D eigenvalue weighted by atomic mass is 10.00. The lowest BCUT2D eigenvalue weighted by Crippen LogP contribution is -2.43. The van der Waals surface area contributed by atoms with Gasteiger partial charge in [0.1, 0.15) is 12.4 Å². The van der Waals surface area contributed by atoms with Crippen LogP contribution < -0.4 is 10.1 Å². The molecule has 11 heteroatoms. The molecule has 170 valence electrons. The van der Waals surface area contributed by atoms with Crippen molar-refractivity contribution >= 4 is 21.9 Å². The van der Waals surface area contributed by atoms with Crippen LogP contribution in [0.15, 0.2) is 57.5 Å². The largest absolute Gasteiger partial charge is 0.490 e. The van der Waals surface area contributed by atoms with E-state index >= 15 is 0 Å². The van der Waals surface area contributed by atoms with E-state index in [-0.39, 0.29) is 0 Å². The molecule has 2 aromatic carbocycles. The maximum atomic E-state index is 10.6. The Bertz CT molecular complexity index is 1020. The van der Waals surface area contributed by atoms with Gasteiger partial charge in [0.15, 0.2) is 0 Å². The highest BCUT2D eigenvalue weighted by Crippen LogP contribution is 2.22. The zero-order chi connectivity index (χ0) is 23.1. The number of nitrogens with one attached hydrogen (secondary N) is 1. The number of aromatic nitrogens is 2. The Morgan fingerprint density at radius 3 is 2.31 bits per heavy atom. The minimum atomic E-state index is -5.08. The van der Waals surface area contributed by atoms with Crippen LogP contribution in [0.5, 0.6) is 5.75 Å². The SMILES string of the molecule is Brc1ccc(COc2ccc(-c3noc(CC4CNC4)n3)cc2)cc1.O=C(O)C(F)(F)F. The van der Waals surface area contributed by atoms with Gasteiger partial charge in [-0.25, -0.2) is 4.79 Å². The van der Waals surface area contributed by atoms with E-state index in [4.69, 9.17) is 19.2 Å². The second-order valence-corrected chi connectivity index (χ2v) is 7.90. The molecule has 1 aromatic heterocycles. The van der Waals surface area contributed by atoms with Gasteiger partial charge in [0.2, 0.25) is 11.7 Å². The first kappa shape index (κ1) is 23.7. The summed E-state index contributed by atoms with van der Waals surface area (Å²) in [6, 6.07) is 15.9. The number of ether oxygens (including phenoxy) is 1. The van der Waals surface area contributed by atoms with Crippen molar-refractivity contribution in [1.82, 2.24) is 15.5 Å². The Morgan fingerprint density at radius 2 is 1.78 bits per heavy atom. The van der Waals surface area contributed by atoms with Crippen molar-refractivity contribution in [1.29, 1.82) is 0 Å². The summed E-state index contributed by atoms with van der Waals surface area (Å²) in [6.45, 7) is 2.60. The Kier molecular flexibility index (Phi) is 7.86. The van der Waals surface area contributed by atoms with E-state index in [9.17, 15) is 13.2 Å². The van der Waals surface area contributed by atoms with Crippen molar-refractivity contribution in [2.45, 2.75) is 19.2 Å². The van der Waals surface area contributed by atoms with E-state index in [1.807, 2.05) is 48.5 Å². The number of nitrogens with zero attached hydrogens (tertiary/aromatic N) is 2. The lowest BCUT2D eigenvalue weighted by Gasteiger charge is -2.25. The third-order valence-corrected chi connectivity index (χ3v) is 5.00. The van der Waals surface area contributed by atoms with Gasteiger partial charge in [0.25, 0.3) is 0 Å². The molecule has 1 fully saturated rings. The summed E-state index contributed by atoms with van der Waals surface area (Å²) in [5.41, 5.74) is 2.05. The van der Waals surface area contributed by atoms with Gasteiger partial charge in [0, 0.05) is 16.5 Å². The summed E-state index contributed by atoms with van der Waals surface area (Å²) < 4.78 is 44.0. The standard InChI is InChI=1S/C19H18BrN3O2.C2HF3O2/c20-16-5-1-13(2-6-16)12-24-17-7-3-15(4-8-17)19-22-18(25-23-19)9-14-10-21-11-14;3-2(4,5)1(6)7/h1-8,14,21H,9-12H2;(H,6,7). The number of hydrogen-bond acceptors (Lipinski definition) is 6. The topological polar surface area (TPSA) is 97.5 Å². The van der Waals surface area contributed by atoms with Gasteiger partial charge in [-0.05, 0) is 61.0 Å². The lowest BCUT2D eigenvalue weighted by molar-refractivity contribution is -0.192. The molecule has 3 aromatic rings. The molecule has 0 atom stereocenters.